The summed E-state index contributed by atoms with van der Waals surface area (Å²) in [5.41, 5.74) is 3.24. The second kappa shape index (κ2) is 21.6. The van der Waals surface area contributed by atoms with Crippen molar-refractivity contribution in [1.29, 1.82) is 0 Å². The number of ether oxygens (including phenoxy) is 3. The normalized spacial score (nSPS) is 19.9. The smallest absolute Gasteiger partial charge is 0.307 e. The second-order valence-electron chi connectivity index (χ2n) is 19.8. The Labute approximate surface area is 361 Å². The van der Waals surface area contributed by atoms with Gasteiger partial charge in [0, 0.05) is 26.2 Å². The molecule has 0 unspecified atom stereocenters. The number of carbonyl (C=O) groups excluding carboxylic acids is 1. The molecule has 2 fully saturated rings. The quantitative estimate of drug-likeness (QED) is 0.119. The van der Waals surface area contributed by atoms with Crippen LogP contribution in [-0.2, 0) is 27.4 Å². The van der Waals surface area contributed by atoms with Gasteiger partial charge in [0.05, 0.1) is 31.7 Å². The lowest BCUT2D eigenvalue weighted by Crippen LogP contribution is -2.30. The Balaban J connectivity index is 0.000000228. The summed E-state index contributed by atoms with van der Waals surface area (Å²) in [5.74, 6) is 2.65. The molecule has 0 spiro atoms. The maximum atomic E-state index is 11.5. The highest BCUT2D eigenvalue weighted by Gasteiger charge is 2.31. The molecular formula is C52H74N2O6. The van der Waals surface area contributed by atoms with Crippen LogP contribution in [0.2, 0.25) is 0 Å². The fraction of sp³-hybridized carbons (Fsp3) is 0.577. The molecule has 2 aliphatic carbocycles. The summed E-state index contributed by atoms with van der Waals surface area (Å²) < 4.78 is 17.7. The Hall–Kier alpha value is -4.14. The summed E-state index contributed by atoms with van der Waals surface area (Å²) in [7, 11) is 3.99. The number of aliphatic carboxylic acids is 1. The van der Waals surface area contributed by atoms with Gasteiger partial charge in [0.15, 0.2) is 0 Å². The van der Waals surface area contributed by atoms with E-state index < -0.39 is 5.97 Å². The predicted octanol–water partition coefficient (Wildman–Crippen LogP) is 11.9. The summed E-state index contributed by atoms with van der Waals surface area (Å²) >= 11 is 0. The fourth-order valence-electron chi connectivity index (χ4n) is 8.95. The maximum Gasteiger partial charge on any atom is 0.307 e. The van der Waals surface area contributed by atoms with Gasteiger partial charge in [-0.15, -0.1) is 0 Å². The van der Waals surface area contributed by atoms with E-state index in [0.29, 0.717) is 49.2 Å². The van der Waals surface area contributed by atoms with Crippen LogP contribution >= 0.6 is 0 Å². The number of rotatable bonds is 15. The number of carboxylic acids is 1. The van der Waals surface area contributed by atoms with E-state index in [1.807, 2.05) is 25.9 Å². The molecule has 2 aliphatic rings. The maximum absolute atomic E-state index is 11.5. The third kappa shape index (κ3) is 14.8. The van der Waals surface area contributed by atoms with E-state index in [2.05, 4.69) is 119 Å². The summed E-state index contributed by atoms with van der Waals surface area (Å²) in [6.45, 7) is 19.2. The number of carboxylic acid groups (broad SMARTS) is 1. The third-order valence-electron chi connectivity index (χ3n) is 12.8. The van der Waals surface area contributed by atoms with Gasteiger partial charge >= 0.3 is 11.9 Å². The van der Waals surface area contributed by atoms with Crippen molar-refractivity contribution in [2.24, 2.45) is 22.7 Å². The third-order valence-corrected chi connectivity index (χ3v) is 12.8. The molecule has 8 heteroatoms. The lowest BCUT2D eigenvalue weighted by Gasteiger charge is -2.37. The first-order valence-electron chi connectivity index (χ1n) is 22.6. The largest absolute Gasteiger partial charge is 0.490 e. The van der Waals surface area contributed by atoms with Gasteiger partial charge in [0.2, 0.25) is 0 Å². The molecule has 328 valence electrons. The van der Waals surface area contributed by atoms with Gasteiger partial charge in [-0.2, -0.15) is 0 Å². The minimum Gasteiger partial charge on any atom is -0.490 e. The number of nitrogens with zero attached hydrogens (tertiary/aromatic N) is 2. The number of benzene rings is 4. The van der Waals surface area contributed by atoms with Crippen molar-refractivity contribution in [3.05, 3.63) is 83.9 Å². The Morgan fingerprint density at radius 2 is 0.967 bits per heavy atom. The molecule has 4 aromatic carbocycles. The molecule has 1 N–H and O–H groups in total. The van der Waals surface area contributed by atoms with Gasteiger partial charge in [-0.25, -0.2) is 0 Å². The molecule has 0 bridgehead atoms. The number of esters is 1. The molecule has 8 nitrogen and oxygen atoms in total. The van der Waals surface area contributed by atoms with Gasteiger partial charge < -0.3 is 29.1 Å². The lowest BCUT2D eigenvalue weighted by molar-refractivity contribution is -0.143. The molecular weight excluding hydrogens is 749 g/mol. The molecule has 6 rings (SSSR count). The van der Waals surface area contributed by atoms with Crippen molar-refractivity contribution in [2.75, 3.05) is 33.8 Å². The number of fused-ring (bicyclic) bond motifs is 2. The van der Waals surface area contributed by atoms with E-state index in [0.717, 1.165) is 62.1 Å². The van der Waals surface area contributed by atoms with Crippen molar-refractivity contribution < 1.29 is 28.9 Å². The molecule has 60 heavy (non-hydrogen) atoms. The topological polar surface area (TPSA) is 88.5 Å². The van der Waals surface area contributed by atoms with Crippen molar-refractivity contribution in [1.82, 2.24) is 9.80 Å². The molecule has 0 amide bonds. The Bertz CT molecular complexity index is 1980. The van der Waals surface area contributed by atoms with E-state index >= 15 is 0 Å². The Morgan fingerprint density at radius 1 is 0.583 bits per heavy atom. The molecule has 2 saturated carbocycles. The molecule has 0 heterocycles. The highest BCUT2D eigenvalue weighted by atomic mass is 16.5. The minimum atomic E-state index is -0.755. The standard InChI is InChI=1S/C27H39NO3.C25H35NO3/c1-6-30-26(29)15-16-28(5)19-20-7-8-22-18-25(12-9-21(22)17-20)31-24-13-10-23(11-14-24)27(2,3)4;1-25(2,3)21-8-11-22(12-9-21)29-23-10-7-19-15-18(5-6-20(19)16-23)17-26(4)14-13-24(27)28/h7-9,12,17-18,23-24H,6,10-11,13-16,19H2,1-5H3;5-7,10,15-16,21-22H,8-9,11-14,17H2,1-4H3,(H,27,28). The van der Waals surface area contributed by atoms with E-state index in [-0.39, 0.29) is 12.4 Å². The lowest BCUT2D eigenvalue weighted by atomic mass is 9.72. The highest BCUT2D eigenvalue weighted by Crippen LogP contribution is 2.40. The summed E-state index contributed by atoms with van der Waals surface area (Å²) in [6, 6.07) is 25.8. The van der Waals surface area contributed by atoms with Gasteiger partial charge in [-0.3, -0.25) is 9.59 Å². The SMILES string of the molecule is CCOC(=O)CCN(C)Cc1ccc2cc(OC3CCC(C(C)(C)C)CC3)ccc2c1.CN(CCC(=O)O)Cc1ccc2cc(OC3CCC(C(C)(C)C)CC3)ccc2c1. The first-order valence-corrected chi connectivity index (χ1v) is 22.6. The zero-order chi connectivity index (χ0) is 43.5. The van der Waals surface area contributed by atoms with Gasteiger partial charge in [-0.1, -0.05) is 77.9 Å². The van der Waals surface area contributed by atoms with E-state index in [1.54, 1.807) is 0 Å². The van der Waals surface area contributed by atoms with Gasteiger partial charge in [0.1, 0.15) is 11.5 Å². The van der Waals surface area contributed by atoms with Crippen LogP contribution in [0.1, 0.15) is 124 Å². The average molecular weight is 823 g/mol. The first-order chi connectivity index (χ1) is 28.4. The van der Waals surface area contributed by atoms with Crippen LogP contribution in [0.4, 0.5) is 0 Å². The van der Waals surface area contributed by atoms with Crippen LogP contribution in [0.5, 0.6) is 11.5 Å². The number of hydrogen-bond acceptors (Lipinski definition) is 7. The fourth-order valence-corrected chi connectivity index (χ4v) is 8.95. The van der Waals surface area contributed by atoms with Crippen molar-refractivity contribution in [3.63, 3.8) is 0 Å². The van der Waals surface area contributed by atoms with Crippen molar-refractivity contribution >= 4 is 33.5 Å². The molecule has 4 aromatic rings. The van der Waals surface area contributed by atoms with E-state index in [4.69, 9.17) is 19.3 Å². The summed E-state index contributed by atoms with van der Waals surface area (Å²) in [6.07, 6.45) is 10.9. The molecule has 0 atom stereocenters. The Kier molecular flexibility index (Phi) is 16.9. The summed E-state index contributed by atoms with van der Waals surface area (Å²) in [5, 5.41) is 13.6. The first kappa shape index (κ1) is 46.9. The number of hydrogen-bond donors (Lipinski definition) is 1. The molecule has 0 radical (unpaired) electrons. The van der Waals surface area contributed by atoms with E-state index in [9.17, 15) is 9.59 Å². The molecule has 0 saturated heterocycles. The zero-order valence-electron chi connectivity index (χ0n) is 38.2. The second-order valence-corrected chi connectivity index (χ2v) is 19.8. The van der Waals surface area contributed by atoms with Crippen molar-refractivity contribution in [2.45, 2.75) is 138 Å². The van der Waals surface area contributed by atoms with Crippen LogP contribution < -0.4 is 9.47 Å². The van der Waals surface area contributed by atoms with Crippen LogP contribution in [-0.4, -0.2) is 72.8 Å². The Morgan fingerprint density at radius 3 is 1.35 bits per heavy atom. The monoisotopic (exact) mass is 823 g/mol. The average Bonchev–Trinajstić information content (AvgIpc) is 3.19. The minimum absolute atomic E-state index is 0.132. The van der Waals surface area contributed by atoms with Crippen LogP contribution in [0, 0.1) is 22.7 Å². The van der Waals surface area contributed by atoms with Gasteiger partial charge in [-0.05, 0) is 164 Å². The molecule has 0 aromatic heterocycles. The van der Waals surface area contributed by atoms with Crippen LogP contribution in [0.25, 0.3) is 21.5 Å². The predicted molar refractivity (Wildman–Crippen MR) is 246 cm³/mol. The zero-order valence-corrected chi connectivity index (χ0v) is 38.2. The van der Waals surface area contributed by atoms with Crippen LogP contribution in [0.15, 0.2) is 72.8 Å². The van der Waals surface area contributed by atoms with E-state index in [1.165, 1.54) is 58.4 Å². The van der Waals surface area contributed by atoms with Crippen molar-refractivity contribution in [3.8, 4) is 11.5 Å². The van der Waals surface area contributed by atoms with Crippen LogP contribution in [0.3, 0.4) is 0 Å². The highest BCUT2D eigenvalue weighted by molar-refractivity contribution is 5.85. The van der Waals surface area contributed by atoms with Gasteiger partial charge in [0.25, 0.3) is 0 Å². The number of carbonyl (C=O) groups is 2. The molecule has 0 aliphatic heterocycles. The summed E-state index contributed by atoms with van der Waals surface area (Å²) in [4.78, 5) is 26.5.